The molecule has 104 valence electrons. The molecule has 1 aliphatic carbocycles. The van der Waals surface area contributed by atoms with Gasteiger partial charge in [0.25, 0.3) is 0 Å². The summed E-state index contributed by atoms with van der Waals surface area (Å²) >= 11 is 0. The van der Waals surface area contributed by atoms with E-state index in [9.17, 15) is 13.2 Å². The van der Waals surface area contributed by atoms with Crippen LogP contribution in [0.25, 0.3) is 0 Å². The van der Waals surface area contributed by atoms with Crippen molar-refractivity contribution in [3.05, 3.63) is 30.3 Å². The van der Waals surface area contributed by atoms with Crippen molar-refractivity contribution in [2.24, 2.45) is 11.8 Å². The molecule has 0 radical (unpaired) electrons. The van der Waals surface area contributed by atoms with E-state index in [2.05, 4.69) is 4.72 Å². The molecule has 0 saturated heterocycles. The molecule has 0 spiro atoms. The average Bonchev–Trinajstić information content (AvgIpc) is 3.08. The Kier molecular flexibility index (Phi) is 3.80. The molecule has 19 heavy (non-hydrogen) atoms. The van der Waals surface area contributed by atoms with Crippen molar-refractivity contribution in [3.8, 4) is 0 Å². The minimum atomic E-state index is -3.82. The lowest BCUT2D eigenvalue weighted by Gasteiger charge is -2.22. The topological polar surface area (TPSA) is 66.5 Å². The van der Waals surface area contributed by atoms with E-state index in [1.165, 1.54) is 4.31 Å². The van der Waals surface area contributed by atoms with Crippen molar-refractivity contribution in [1.82, 2.24) is 4.72 Å². The molecule has 1 saturated carbocycles. The number of benzene rings is 1. The number of rotatable bonds is 5. The SMILES string of the molecule is CCN(c1ccccc1)S(=O)(=O)NC(=O)[C@@H]1C[C@H]1C. The van der Waals surface area contributed by atoms with Crippen LogP contribution in [0, 0.1) is 11.8 Å². The third kappa shape index (κ3) is 3.07. The molecule has 0 heterocycles. The van der Waals surface area contributed by atoms with E-state index in [1.807, 2.05) is 13.0 Å². The van der Waals surface area contributed by atoms with Gasteiger partial charge < -0.3 is 0 Å². The maximum Gasteiger partial charge on any atom is 0.326 e. The van der Waals surface area contributed by atoms with Crippen molar-refractivity contribution in [2.75, 3.05) is 10.8 Å². The second kappa shape index (κ2) is 5.21. The predicted molar refractivity (Wildman–Crippen MR) is 73.8 cm³/mol. The summed E-state index contributed by atoms with van der Waals surface area (Å²) < 4.78 is 27.8. The number of anilines is 1. The van der Waals surface area contributed by atoms with Crippen LogP contribution in [0.5, 0.6) is 0 Å². The first-order valence-electron chi connectivity index (χ1n) is 6.35. The monoisotopic (exact) mass is 282 g/mol. The van der Waals surface area contributed by atoms with Crippen molar-refractivity contribution < 1.29 is 13.2 Å². The molecular formula is C13H18N2O3S. The molecule has 6 heteroatoms. The van der Waals surface area contributed by atoms with Gasteiger partial charge >= 0.3 is 10.2 Å². The molecule has 1 aliphatic rings. The van der Waals surface area contributed by atoms with Gasteiger partial charge in [-0.05, 0) is 31.4 Å². The zero-order valence-corrected chi connectivity index (χ0v) is 11.9. The summed E-state index contributed by atoms with van der Waals surface area (Å²) in [4.78, 5) is 11.8. The van der Waals surface area contributed by atoms with Crippen LogP contribution in [0.15, 0.2) is 30.3 Å². The standard InChI is InChI=1S/C13H18N2O3S/c1-3-15(11-7-5-4-6-8-11)19(17,18)14-13(16)12-9-10(12)2/h4-8,10,12H,3,9H2,1-2H3,(H,14,16)/t10-,12-/m1/s1. The minimum Gasteiger partial charge on any atom is -0.274 e. The highest BCUT2D eigenvalue weighted by atomic mass is 32.2. The van der Waals surface area contributed by atoms with E-state index >= 15 is 0 Å². The molecule has 2 atom stereocenters. The van der Waals surface area contributed by atoms with E-state index < -0.39 is 16.1 Å². The smallest absolute Gasteiger partial charge is 0.274 e. The van der Waals surface area contributed by atoms with Gasteiger partial charge in [-0.15, -0.1) is 0 Å². The fraction of sp³-hybridized carbons (Fsp3) is 0.462. The Labute approximate surface area is 113 Å². The van der Waals surface area contributed by atoms with Gasteiger partial charge in [0, 0.05) is 12.5 Å². The highest BCUT2D eigenvalue weighted by molar-refractivity contribution is 7.91. The van der Waals surface area contributed by atoms with Gasteiger partial charge in [-0.3, -0.25) is 9.10 Å². The average molecular weight is 282 g/mol. The van der Waals surface area contributed by atoms with Gasteiger partial charge in [-0.2, -0.15) is 8.42 Å². The molecule has 2 rings (SSSR count). The summed E-state index contributed by atoms with van der Waals surface area (Å²) in [6, 6.07) is 8.74. The van der Waals surface area contributed by atoms with Crippen LogP contribution in [-0.4, -0.2) is 20.9 Å². The van der Waals surface area contributed by atoms with Crippen LogP contribution in [0.3, 0.4) is 0 Å². The Bertz CT molecular complexity index is 557. The van der Waals surface area contributed by atoms with E-state index in [4.69, 9.17) is 0 Å². The summed E-state index contributed by atoms with van der Waals surface area (Å²) in [5, 5.41) is 0. The number of nitrogens with zero attached hydrogens (tertiary/aromatic N) is 1. The third-order valence-electron chi connectivity index (χ3n) is 3.30. The van der Waals surface area contributed by atoms with E-state index in [0.29, 0.717) is 5.69 Å². The zero-order chi connectivity index (χ0) is 14.0. The van der Waals surface area contributed by atoms with Gasteiger partial charge in [0.05, 0.1) is 5.69 Å². The molecule has 0 bridgehead atoms. The second-order valence-corrected chi connectivity index (χ2v) is 6.39. The van der Waals surface area contributed by atoms with E-state index in [1.54, 1.807) is 31.2 Å². The fourth-order valence-corrected chi connectivity index (χ4v) is 3.29. The van der Waals surface area contributed by atoms with Crippen molar-refractivity contribution in [1.29, 1.82) is 0 Å². The number of hydrogen-bond donors (Lipinski definition) is 1. The minimum absolute atomic E-state index is 0.163. The van der Waals surface area contributed by atoms with E-state index in [-0.39, 0.29) is 18.4 Å². The fourth-order valence-electron chi connectivity index (χ4n) is 2.03. The van der Waals surface area contributed by atoms with Crippen LogP contribution >= 0.6 is 0 Å². The molecule has 1 aromatic rings. The zero-order valence-electron chi connectivity index (χ0n) is 11.0. The second-order valence-electron chi connectivity index (χ2n) is 4.79. The van der Waals surface area contributed by atoms with Gasteiger partial charge in [-0.1, -0.05) is 25.1 Å². The Morgan fingerprint density at radius 1 is 1.37 bits per heavy atom. The van der Waals surface area contributed by atoms with Crippen LogP contribution in [0.1, 0.15) is 20.3 Å². The number of hydrogen-bond acceptors (Lipinski definition) is 3. The number of para-hydroxylation sites is 1. The summed E-state index contributed by atoms with van der Waals surface area (Å²) in [6.07, 6.45) is 0.763. The lowest BCUT2D eigenvalue weighted by Crippen LogP contribution is -2.44. The summed E-state index contributed by atoms with van der Waals surface area (Å²) in [7, 11) is -3.82. The van der Waals surface area contributed by atoms with Crippen LogP contribution in [-0.2, 0) is 15.0 Å². The first-order valence-corrected chi connectivity index (χ1v) is 7.79. The first kappa shape index (κ1) is 13.9. The Morgan fingerprint density at radius 2 is 1.95 bits per heavy atom. The number of nitrogens with one attached hydrogen (secondary N) is 1. The maximum atomic E-state index is 12.2. The van der Waals surface area contributed by atoms with Crippen molar-refractivity contribution >= 4 is 21.8 Å². The quantitative estimate of drug-likeness (QED) is 0.890. The van der Waals surface area contributed by atoms with Crippen LogP contribution < -0.4 is 9.03 Å². The predicted octanol–water partition coefficient (Wildman–Crippen LogP) is 1.53. The van der Waals surface area contributed by atoms with Gasteiger partial charge in [0.1, 0.15) is 0 Å². The highest BCUT2D eigenvalue weighted by Gasteiger charge is 2.41. The summed E-state index contributed by atoms with van der Waals surface area (Å²) in [5.74, 6) is -0.284. The van der Waals surface area contributed by atoms with Crippen molar-refractivity contribution in [2.45, 2.75) is 20.3 Å². The number of carbonyl (C=O) groups excluding carboxylic acids is 1. The molecule has 0 aromatic heterocycles. The molecular weight excluding hydrogens is 264 g/mol. The van der Waals surface area contributed by atoms with E-state index in [0.717, 1.165) is 6.42 Å². The Hall–Kier alpha value is -1.56. The number of amides is 1. The lowest BCUT2D eigenvalue weighted by molar-refractivity contribution is -0.120. The molecule has 5 nitrogen and oxygen atoms in total. The molecule has 0 unspecified atom stereocenters. The molecule has 1 fully saturated rings. The summed E-state index contributed by atoms with van der Waals surface area (Å²) in [6.45, 7) is 3.94. The van der Waals surface area contributed by atoms with Gasteiger partial charge in [0.15, 0.2) is 0 Å². The first-order chi connectivity index (χ1) is 8.95. The third-order valence-corrected chi connectivity index (χ3v) is 4.81. The molecule has 1 amide bonds. The van der Waals surface area contributed by atoms with Crippen LogP contribution in [0.2, 0.25) is 0 Å². The lowest BCUT2D eigenvalue weighted by atomic mass is 10.3. The largest absolute Gasteiger partial charge is 0.326 e. The Balaban J connectivity index is 2.15. The maximum absolute atomic E-state index is 12.2. The molecule has 1 aromatic carbocycles. The highest BCUT2D eigenvalue weighted by Crippen LogP contribution is 2.37. The number of carbonyl (C=O) groups is 1. The van der Waals surface area contributed by atoms with Gasteiger partial charge in [0.2, 0.25) is 5.91 Å². The normalized spacial score (nSPS) is 21.8. The Morgan fingerprint density at radius 3 is 2.42 bits per heavy atom. The summed E-state index contributed by atoms with van der Waals surface area (Å²) in [5.41, 5.74) is 0.550. The van der Waals surface area contributed by atoms with Gasteiger partial charge in [-0.25, -0.2) is 4.72 Å². The van der Waals surface area contributed by atoms with Crippen LogP contribution in [0.4, 0.5) is 5.69 Å². The van der Waals surface area contributed by atoms with Crippen molar-refractivity contribution in [3.63, 3.8) is 0 Å². The molecule has 0 aliphatic heterocycles. The molecule has 1 N–H and O–H groups in total.